The summed E-state index contributed by atoms with van der Waals surface area (Å²) in [6.07, 6.45) is 1.64. The largest absolute Gasteiger partial charge is 0.494 e. The quantitative estimate of drug-likeness (QED) is 0.283. The van der Waals surface area contributed by atoms with E-state index in [0.717, 1.165) is 17.1 Å². The van der Waals surface area contributed by atoms with Crippen molar-refractivity contribution in [3.8, 4) is 5.75 Å². The zero-order valence-electron chi connectivity index (χ0n) is 23.0. The summed E-state index contributed by atoms with van der Waals surface area (Å²) in [5.41, 5.74) is 0.486. The number of nitrogens with zero attached hydrogens (tertiary/aromatic N) is 2. The number of anilines is 1. The van der Waals surface area contributed by atoms with Crippen LogP contribution >= 0.6 is 0 Å². The molecule has 3 aromatic carbocycles. The van der Waals surface area contributed by atoms with E-state index < -0.39 is 40.2 Å². The van der Waals surface area contributed by atoms with E-state index >= 15 is 0 Å². The van der Waals surface area contributed by atoms with Gasteiger partial charge in [0.1, 0.15) is 24.2 Å². The molecule has 0 bridgehead atoms. The zero-order valence-corrected chi connectivity index (χ0v) is 23.9. The van der Waals surface area contributed by atoms with Crippen LogP contribution in [0.3, 0.4) is 0 Å². The van der Waals surface area contributed by atoms with Gasteiger partial charge in [0.2, 0.25) is 11.8 Å². The number of amides is 2. The summed E-state index contributed by atoms with van der Waals surface area (Å²) < 4.78 is 48.7. The molecule has 0 aliphatic heterocycles. The predicted molar refractivity (Wildman–Crippen MR) is 153 cm³/mol. The first-order chi connectivity index (χ1) is 19.2. The molecule has 1 N–H and O–H groups in total. The van der Waals surface area contributed by atoms with Crippen molar-refractivity contribution < 1.29 is 27.1 Å². The number of ether oxygens (including phenoxy) is 1. The van der Waals surface area contributed by atoms with Crippen LogP contribution in [0.25, 0.3) is 0 Å². The van der Waals surface area contributed by atoms with Gasteiger partial charge in [-0.15, -0.1) is 0 Å². The molecule has 10 heteroatoms. The minimum Gasteiger partial charge on any atom is -0.494 e. The van der Waals surface area contributed by atoms with Crippen molar-refractivity contribution in [2.24, 2.45) is 0 Å². The lowest BCUT2D eigenvalue weighted by molar-refractivity contribution is -0.139. The Kier molecular flexibility index (Phi) is 11.1. The van der Waals surface area contributed by atoms with Crippen molar-refractivity contribution in [3.63, 3.8) is 0 Å². The maximum atomic E-state index is 14.6. The highest BCUT2D eigenvalue weighted by molar-refractivity contribution is 7.92. The third-order valence-corrected chi connectivity index (χ3v) is 8.13. The molecule has 0 radical (unpaired) electrons. The van der Waals surface area contributed by atoms with E-state index in [0.29, 0.717) is 18.9 Å². The predicted octanol–water partition coefficient (Wildman–Crippen LogP) is 4.75. The molecule has 0 saturated heterocycles. The SMILES string of the molecule is CCCCNC(=O)[C@H](C)N(Cc1ccccc1F)C(=O)CN(c1ccccc1)S(=O)(=O)c1ccc(OCC)cc1. The first-order valence-corrected chi connectivity index (χ1v) is 14.7. The summed E-state index contributed by atoms with van der Waals surface area (Å²) in [7, 11) is -4.20. The number of hydrogen-bond donors (Lipinski definition) is 1. The molecule has 0 aliphatic rings. The van der Waals surface area contributed by atoms with E-state index in [1.807, 2.05) is 13.8 Å². The van der Waals surface area contributed by atoms with Crippen LogP contribution in [0.2, 0.25) is 0 Å². The molecule has 0 aromatic heterocycles. The molecule has 0 aliphatic carbocycles. The van der Waals surface area contributed by atoms with Gasteiger partial charge in [0.25, 0.3) is 10.0 Å². The molecule has 0 unspecified atom stereocenters. The van der Waals surface area contributed by atoms with Crippen LogP contribution in [0.4, 0.5) is 10.1 Å². The maximum absolute atomic E-state index is 14.6. The molecule has 0 spiro atoms. The van der Waals surface area contributed by atoms with Crippen molar-refractivity contribution in [1.29, 1.82) is 0 Å². The lowest BCUT2D eigenvalue weighted by atomic mass is 10.1. The second-order valence-electron chi connectivity index (χ2n) is 9.19. The minimum absolute atomic E-state index is 0.0291. The molecule has 2 amide bonds. The van der Waals surface area contributed by atoms with E-state index in [2.05, 4.69) is 5.32 Å². The Hall–Kier alpha value is -3.92. The average molecular weight is 570 g/mol. The van der Waals surface area contributed by atoms with Crippen LogP contribution in [0.1, 0.15) is 39.2 Å². The number of para-hydroxylation sites is 1. The van der Waals surface area contributed by atoms with E-state index in [9.17, 15) is 22.4 Å². The fourth-order valence-electron chi connectivity index (χ4n) is 4.05. The third kappa shape index (κ3) is 7.81. The highest BCUT2D eigenvalue weighted by atomic mass is 32.2. The standard InChI is InChI=1S/C30H36FN3O5S/c1-4-6-20-32-30(36)23(3)33(21-24-12-10-11-15-28(24)31)29(35)22-34(25-13-8-7-9-14-25)40(37,38)27-18-16-26(17-19-27)39-5-2/h7-19,23H,4-6,20-22H2,1-3H3,(H,32,36)/t23-/m0/s1. The van der Waals surface area contributed by atoms with Gasteiger partial charge in [0.05, 0.1) is 17.2 Å². The third-order valence-electron chi connectivity index (χ3n) is 6.34. The summed E-state index contributed by atoms with van der Waals surface area (Å²) in [5, 5.41) is 2.81. The number of carbonyl (C=O) groups excluding carboxylic acids is 2. The number of nitrogens with one attached hydrogen (secondary N) is 1. The van der Waals surface area contributed by atoms with Crippen LogP contribution in [0.15, 0.2) is 83.8 Å². The van der Waals surface area contributed by atoms with E-state index in [1.54, 1.807) is 55.5 Å². The topological polar surface area (TPSA) is 96.0 Å². The molecule has 3 aromatic rings. The summed E-state index contributed by atoms with van der Waals surface area (Å²) >= 11 is 0. The van der Waals surface area contributed by atoms with Gasteiger partial charge in [-0.05, 0) is 62.7 Å². The highest BCUT2D eigenvalue weighted by Crippen LogP contribution is 2.26. The molecular formula is C30H36FN3O5S. The average Bonchev–Trinajstić information content (AvgIpc) is 2.96. The van der Waals surface area contributed by atoms with Crippen LogP contribution in [0.5, 0.6) is 5.75 Å². The number of halogens is 1. The first kappa shape index (κ1) is 30.6. The molecule has 0 saturated carbocycles. The Morgan fingerprint density at radius 3 is 2.23 bits per heavy atom. The van der Waals surface area contributed by atoms with E-state index in [4.69, 9.17) is 4.74 Å². The smallest absolute Gasteiger partial charge is 0.264 e. The van der Waals surface area contributed by atoms with Gasteiger partial charge < -0.3 is 15.0 Å². The van der Waals surface area contributed by atoms with Gasteiger partial charge >= 0.3 is 0 Å². The van der Waals surface area contributed by atoms with Crippen molar-refractivity contribution >= 4 is 27.5 Å². The first-order valence-electron chi connectivity index (χ1n) is 13.3. The van der Waals surface area contributed by atoms with Gasteiger partial charge in [-0.25, -0.2) is 12.8 Å². The molecular weight excluding hydrogens is 533 g/mol. The van der Waals surface area contributed by atoms with Crippen LogP contribution in [0, 0.1) is 5.82 Å². The second-order valence-corrected chi connectivity index (χ2v) is 11.0. The van der Waals surface area contributed by atoms with E-state index in [-0.39, 0.29) is 22.7 Å². The minimum atomic E-state index is -4.20. The Morgan fingerprint density at radius 2 is 1.60 bits per heavy atom. The van der Waals surface area contributed by atoms with Gasteiger partial charge in [0.15, 0.2) is 0 Å². The molecule has 214 valence electrons. The lowest BCUT2D eigenvalue weighted by Crippen LogP contribution is -2.51. The van der Waals surface area contributed by atoms with Crippen LogP contribution < -0.4 is 14.4 Å². The molecule has 3 rings (SSSR count). The summed E-state index contributed by atoms with van der Waals surface area (Å²) in [4.78, 5) is 28.0. The Labute approximate surface area is 235 Å². The molecule has 0 fully saturated rings. The highest BCUT2D eigenvalue weighted by Gasteiger charge is 2.32. The summed E-state index contributed by atoms with van der Waals surface area (Å²) in [5.74, 6) is -1.07. The number of sulfonamides is 1. The normalized spacial score (nSPS) is 11.9. The number of unbranched alkanes of at least 4 members (excludes halogenated alkanes) is 1. The van der Waals surface area contributed by atoms with Gasteiger partial charge in [-0.2, -0.15) is 0 Å². The van der Waals surface area contributed by atoms with Gasteiger partial charge in [-0.3, -0.25) is 13.9 Å². The Bertz CT molecular complexity index is 1370. The van der Waals surface area contributed by atoms with Crippen molar-refractivity contribution in [3.05, 3.63) is 90.2 Å². The molecule has 1 atom stereocenters. The van der Waals surface area contributed by atoms with Gasteiger partial charge in [0, 0.05) is 18.7 Å². The summed E-state index contributed by atoms with van der Waals surface area (Å²) in [6, 6.07) is 19.2. The molecule has 8 nitrogen and oxygen atoms in total. The number of benzene rings is 3. The zero-order chi connectivity index (χ0) is 29.1. The fraction of sp³-hybridized carbons (Fsp3) is 0.333. The molecule has 0 heterocycles. The Balaban J connectivity index is 1.97. The monoisotopic (exact) mass is 569 g/mol. The number of carbonyl (C=O) groups is 2. The second kappa shape index (κ2) is 14.5. The van der Waals surface area contributed by atoms with Crippen molar-refractivity contribution in [2.45, 2.75) is 51.1 Å². The van der Waals surface area contributed by atoms with Crippen molar-refractivity contribution in [2.75, 3.05) is 24.0 Å². The summed E-state index contributed by atoms with van der Waals surface area (Å²) in [6.45, 7) is 5.43. The van der Waals surface area contributed by atoms with Crippen LogP contribution in [-0.2, 0) is 26.2 Å². The van der Waals surface area contributed by atoms with E-state index in [1.165, 1.54) is 35.2 Å². The van der Waals surface area contributed by atoms with Crippen molar-refractivity contribution in [1.82, 2.24) is 10.2 Å². The maximum Gasteiger partial charge on any atom is 0.264 e. The van der Waals surface area contributed by atoms with Gasteiger partial charge in [-0.1, -0.05) is 49.7 Å². The fourth-order valence-corrected chi connectivity index (χ4v) is 5.47. The number of hydrogen-bond acceptors (Lipinski definition) is 5. The number of rotatable bonds is 14. The lowest BCUT2D eigenvalue weighted by Gasteiger charge is -2.32. The Morgan fingerprint density at radius 1 is 0.950 bits per heavy atom. The molecule has 40 heavy (non-hydrogen) atoms. The van der Waals surface area contributed by atoms with Crippen LogP contribution in [-0.4, -0.2) is 50.9 Å².